The number of hydrogen-bond donors (Lipinski definition) is 1. The average molecular weight is 374 g/mol. The van der Waals surface area contributed by atoms with Crippen molar-refractivity contribution in [2.24, 2.45) is 0 Å². The number of carbonyl (C=O) groups is 1. The highest BCUT2D eigenvalue weighted by Crippen LogP contribution is 2.23. The van der Waals surface area contributed by atoms with Crippen LogP contribution in [0.5, 0.6) is 0 Å². The molecule has 0 bridgehead atoms. The van der Waals surface area contributed by atoms with Gasteiger partial charge in [-0.25, -0.2) is 4.98 Å². The largest absolute Gasteiger partial charge is 0.350 e. The van der Waals surface area contributed by atoms with Crippen molar-refractivity contribution in [1.82, 2.24) is 19.6 Å². The SMILES string of the molecule is CC(CNC(=O)c1cccn2c(=O)c3ccc4ccccc4c3nc12)N(C)C. The second-order valence-electron chi connectivity index (χ2n) is 7.24. The molecule has 0 radical (unpaired) electrons. The van der Waals surface area contributed by atoms with Gasteiger partial charge in [0, 0.05) is 24.2 Å². The maximum atomic E-state index is 13.0. The minimum absolute atomic E-state index is 0.179. The lowest BCUT2D eigenvalue weighted by Gasteiger charge is -2.20. The number of benzene rings is 2. The number of nitrogens with zero attached hydrogens (tertiary/aromatic N) is 3. The molecule has 0 saturated carbocycles. The third-order valence-electron chi connectivity index (χ3n) is 5.22. The first-order chi connectivity index (χ1) is 13.5. The van der Waals surface area contributed by atoms with Crippen molar-refractivity contribution in [3.05, 3.63) is 70.6 Å². The molecule has 1 amide bonds. The Morgan fingerprint density at radius 1 is 1.11 bits per heavy atom. The Bertz CT molecular complexity index is 1260. The zero-order valence-electron chi connectivity index (χ0n) is 16.1. The zero-order valence-corrected chi connectivity index (χ0v) is 16.1. The van der Waals surface area contributed by atoms with Crippen LogP contribution in [0.2, 0.25) is 0 Å². The monoisotopic (exact) mass is 374 g/mol. The molecule has 6 nitrogen and oxygen atoms in total. The number of pyridine rings is 1. The van der Waals surface area contributed by atoms with Crippen LogP contribution in [0.25, 0.3) is 27.3 Å². The fraction of sp³-hybridized carbons (Fsp3) is 0.227. The third-order valence-corrected chi connectivity index (χ3v) is 5.22. The first-order valence-electron chi connectivity index (χ1n) is 9.25. The number of amides is 1. The van der Waals surface area contributed by atoms with Gasteiger partial charge < -0.3 is 10.2 Å². The van der Waals surface area contributed by atoms with Crippen LogP contribution in [0, 0.1) is 0 Å². The molecule has 2 aromatic heterocycles. The summed E-state index contributed by atoms with van der Waals surface area (Å²) < 4.78 is 1.45. The predicted molar refractivity (Wildman–Crippen MR) is 112 cm³/mol. The quantitative estimate of drug-likeness (QED) is 0.441. The van der Waals surface area contributed by atoms with Crippen molar-refractivity contribution < 1.29 is 4.79 Å². The second-order valence-corrected chi connectivity index (χ2v) is 7.24. The van der Waals surface area contributed by atoms with E-state index in [2.05, 4.69) is 5.32 Å². The number of carbonyl (C=O) groups excluding carboxylic acids is 1. The first-order valence-corrected chi connectivity index (χ1v) is 9.25. The average Bonchev–Trinajstić information content (AvgIpc) is 2.71. The summed E-state index contributed by atoms with van der Waals surface area (Å²) in [5, 5.41) is 5.38. The van der Waals surface area contributed by atoms with E-state index in [4.69, 9.17) is 4.98 Å². The molecule has 1 atom stereocenters. The molecule has 1 unspecified atom stereocenters. The Kier molecular flexibility index (Phi) is 4.57. The first kappa shape index (κ1) is 18.1. The summed E-state index contributed by atoms with van der Waals surface area (Å²) in [5.74, 6) is -0.238. The van der Waals surface area contributed by atoms with Gasteiger partial charge in [-0.2, -0.15) is 0 Å². The normalized spacial score (nSPS) is 12.7. The van der Waals surface area contributed by atoms with Crippen LogP contribution in [0.4, 0.5) is 0 Å². The predicted octanol–water partition coefficient (Wildman–Crippen LogP) is 2.68. The summed E-state index contributed by atoms with van der Waals surface area (Å²) in [4.78, 5) is 32.6. The van der Waals surface area contributed by atoms with Crippen LogP contribution in [-0.2, 0) is 0 Å². The molecule has 0 fully saturated rings. The van der Waals surface area contributed by atoms with Crippen LogP contribution >= 0.6 is 0 Å². The van der Waals surface area contributed by atoms with E-state index in [1.54, 1.807) is 24.4 Å². The molecule has 2 aromatic carbocycles. The van der Waals surface area contributed by atoms with E-state index in [1.165, 1.54) is 4.40 Å². The van der Waals surface area contributed by atoms with Crippen molar-refractivity contribution >= 4 is 33.2 Å². The highest BCUT2D eigenvalue weighted by atomic mass is 16.2. The topological polar surface area (TPSA) is 66.7 Å². The number of aromatic nitrogens is 2. The Balaban J connectivity index is 1.90. The van der Waals surface area contributed by atoms with Crippen LogP contribution in [0.1, 0.15) is 17.3 Å². The van der Waals surface area contributed by atoms with E-state index in [9.17, 15) is 9.59 Å². The standard InChI is InChI=1S/C22H22N4O2/c1-14(25(2)3)13-23-21(27)18-9-6-12-26-20(18)24-19-16-8-5-4-7-15(16)10-11-17(19)22(26)28/h4-12,14H,13H2,1-3H3,(H,23,27). The van der Waals surface area contributed by atoms with Gasteiger partial charge in [-0.1, -0.05) is 30.3 Å². The fourth-order valence-electron chi connectivity index (χ4n) is 3.26. The zero-order chi connectivity index (χ0) is 19.8. The number of likely N-dealkylation sites (N-methyl/N-ethyl adjacent to an activating group) is 1. The molecule has 0 aliphatic rings. The highest BCUT2D eigenvalue weighted by molar-refractivity contribution is 6.07. The Hall–Kier alpha value is -3.25. The Labute approximate surface area is 162 Å². The molecule has 4 rings (SSSR count). The minimum Gasteiger partial charge on any atom is -0.350 e. The van der Waals surface area contributed by atoms with Crippen molar-refractivity contribution in [2.75, 3.05) is 20.6 Å². The lowest BCUT2D eigenvalue weighted by Crippen LogP contribution is -2.38. The van der Waals surface area contributed by atoms with E-state index in [0.717, 1.165) is 10.8 Å². The van der Waals surface area contributed by atoms with Gasteiger partial charge in [0.05, 0.1) is 16.5 Å². The van der Waals surface area contributed by atoms with E-state index in [-0.39, 0.29) is 17.5 Å². The lowest BCUT2D eigenvalue weighted by atomic mass is 10.1. The summed E-state index contributed by atoms with van der Waals surface area (Å²) in [6.07, 6.45) is 1.65. The molecule has 0 aliphatic heterocycles. The Morgan fingerprint density at radius 3 is 2.68 bits per heavy atom. The van der Waals surface area contributed by atoms with Crippen molar-refractivity contribution in [3.63, 3.8) is 0 Å². The maximum absolute atomic E-state index is 13.0. The van der Waals surface area contributed by atoms with E-state index >= 15 is 0 Å². The van der Waals surface area contributed by atoms with Crippen LogP contribution in [0.15, 0.2) is 59.5 Å². The molecular formula is C22H22N4O2. The van der Waals surface area contributed by atoms with Gasteiger partial charge in [0.25, 0.3) is 11.5 Å². The van der Waals surface area contributed by atoms with E-state index in [1.807, 2.05) is 56.3 Å². The second kappa shape index (κ2) is 7.05. The summed E-state index contributed by atoms with van der Waals surface area (Å²) in [5.41, 5.74) is 1.19. The van der Waals surface area contributed by atoms with Gasteiger partial charge in [0.2, 0.25) is 0 Å². The molecule has 4 aromatic rings. The van der Waals surface area contributed by atoms with Gasteiger partial charge in [-0.15, -0.1) is 0 Å². The molecular weight excluding hydrogens is 352 g/mol. The molecule has 28 heavy (non-hydrogen) atoms. The number of fused-ring (bicyclic) bond motifs is 4. The van der Waals surface area contributed by atoms with Gasteiger partial charge in [-0.05, 0) is 44.6 Å². The maximum Gasteiger partial charge on any atom is 0.265 e. The summed E-state index contributed by atoms with van der Waals surface area (Å²) >= 11 is 0. The van der Waals surface area contributed by atoms with Crippen molar-refractivity contribution in [2.45, 2.75) is 13.0 Å². The van der Waals surface area contributed by atoms with E-state index in [0.29, 0.717) is 28.7 Å². The number of hydrogen-bond acceptors (Lipinski definition) is 4. The van der Waals surface area contributed by atoms with Crippen molar-refractivity contribution in [1.29, 1.82) is 0 Å². The lowest BCUT2D eigenvalue weighted by molar-refractivity contribution is 0.0944. The summed E-state index contributed by atoms with van der Waals surface area (Å²) in [7, 11) is 3.93. The van der Waals surface area contributed by atoms with Gasteiger partial charge >= 0.3 is 0 Å². The van der Waals surface area contributed by atoms with Crippen molar-refractivity contribution in [3.8, 4) is 0 Å². The minimum atomic E-state index is -0.238. The summed E-state index contributed by atoms with van der Waals surface area (Å²) in [6.45, 7) is 2.54. The molecule has 0 saturated heterocycles. The van der Waals surface area contributed by atoms with Crippen LogP contribution < -0.4 is 10.9 Å². The molecule has 0 aliphatic carbocycles. The molecule has 2 heterocycles. The van der Waals surface area contributed by atoms with Gasteiger partial charge in [0.1, 0.15) is 0 Å². The Morgan fingerprint density at radius 2 is 1.89 bits per heavy atom. The fourth-order valence-corrected chi connectivity index (χ4v) is 3.26. The van der Waals surface area contributed by atoms with Crippen LogP contribution in [0.3, 0.4) is 0 Å². The third kappa shape index (κ3) is 3.01. The van der Waals surface area contributed by atoms with E-state index < -0.39 is 0 Å². The summed E-state index contributed by atoms with van der Waals surface area (Å²) in [6, 6.07) is 15.1. The number of nitrogens with one attached hydrogen (secondary N) is 1. The van der Waals surface area contributed by atoms with Crippen LogP contribution in [-0.4, -0.2) is 46.9 Å². The van der Waals surface area contributed by atoms with Gasteiger partial charge in [-0.3, -0.25) is 14.0 Å². The molecule has 142 valence electrons. The number of rotatable bonds is 4. The highest BCUT2D eigenvalue weighted by Gasteiger charge is 2.16. The molecule has 6 heteroatoms. The molecule has 0 spiro atoms. The molecule has 1 N–H and O–H groups in total. The smallest absolute Gasteiger partial charge is 0.265 e. The van der Waals surface area contributed by atoms with Gasteiger partial charge in [0.15, 0.2) is 5.65 Å².